The summed E-state index contributed by atoms with van der Waals surface area (Å²) >= 11 is 0. The van der Waals surface area contributed by atoms with Crippen molar-refractivity contribution in [2.45, 2.75) is 32.1 Å². The molecular formula is C22H25NO5. The van der Waals surface area contributed by atoms with Gasteiger partial charge in [0, 0.05) is 37.1 Å². The van der Waals surface area contributed by atoms with Gasteiger partial charge >= 0.3 is 0 Å². The molecule has 2 unspecified atom stereocenters. The molecule has 2 aromatic rings. The molecule has 2 heterocycles. The molecule has 2 aliphatic heterocycles. The van der Waals surface area contributed by atoms with Crippen LogP contribution in [0, 0.1) is 5.92 Å². The highest BCUT2D eigenvalue weighted by Gasteiger charge is 2.28. The van der Waals surface area contributed by atoms with Crippen LogP contribution in [-0.2, 0) is 4.79 Å². The first kappa shape index (κ1) is 18.5. The smallest absolute Gasteiger partial charge is 0.231 e. The molecule has 0 aromatic heterocycles. The molecule has 2 atom stereocenters. The molecule has 2 aromatic carbocycles. The monoisotopic (exact) mass is 383 g/mol. The predicted octanol–water partition coefficient (Wildman–Crippen LogP) is 3.61. The van der Waals surface area contributed by atoms with Crippen molar-refractivity contribution in [1.82, 2.24) is 4.90 Å². The van der Waals surface area contributed by atoms with Crippen LogP contribution in [0.5, 0.6) is 23.0 Å². The van der Waals surface area contributed by atoms with Gasteiger partial charge in [0.05, 0.1) is 0 Å². The molecule has 148 valence electrons. The third kappa shape index (κ3) is 3.72. The fourth-order valence-corrected chi connectivity index (χ4v) is 4.08. The lowest BCUT2D eigenvalue weighted by Gasteiger charge is -2.32. The summed E-state index contributed by atoms with van der Waals surface area (Å²) in [6, 6.07) is 10.1. The number of phenols is 2. The third-order valence-corrected chi connectivity index (χ3v) is 5.58. The Kier molecular flexibility index (Phi) is 5.03. The van der Waals surface area contributed by atoms with E-state index in [1.54, 1.807) is 6.07 Å². The molecule has 6 heteroatoms. The van der Waals surface area contributed by atoms with Crippen molar-refractivity contribution < 1.29 is 24.5 Å². The maximum atomic E-state index is 13.1. The van der Waals surface area contributed by atoms with Gasteiger partial charge in [0.15, 0.2) is 11.5 Å². The predicted molar refractivity (Wildman–Crippen MR) is 104 cm³/mol. The molecule has 0 saturated carbocycles. The zero-order valence-electron chi connectivity index (χ0n) is 15.9. The molecule has 28 heavy (non-hydrogen) atoms. The quantitative estimate of drug-likeness (QED) is 0.843. The number of aromatic hydroxyl groups is 2. The van der Waals surface area contributed by atoms with Gasteiger partial charge in [-0.3, -0.25) is 4.79 Å². The lowest BCUT2D eigenvalue weighted by Crippen LogP contribution is -2.39. The maximum absolute atomic E-state index is 13.1. The van der Waals surface area contributed by atoms with Gasteiger partial charge in [0.2, 0.25) is 12.7 Å². The lowest BCUT2D eigenvalue weighted by molar-refractivity contribution is -0.133. The normalized spacial score (nSPS) is 19.5. The molecule has 0 radical (unpaired) electrons. The van der Waals surface area contributed by atoms with Crippen molar-refractivity contribution in [2.24, 2.45) is 5.92 Å². The van der Waals surface area contributed by atoms with E-state index in [1.807, 2.05) is 23.1 Å². The molecule has 2 aliphatic rings. The Morgan fingerprint density at radius 1 is 1.18 bits per heavy atom. The van der Waals surface area contributed by atoms with E-state index in [0.717, 1.165) is 31.5 Å². The van der Waals surface area contributed by atoms with E-state index in [1.165, 1.54) is 12.1 Å². The molecule has 4 rings (SSSR count). The molecule has 1 amide bonds. The third-order valence-electron chi connectivity index (χ3n) is 5.58. The molecule has 0 aliphatic carbocycles. The van der Waals surface area contributed by atoms with E-state index in [-0.39, 0.29) is 36.5 Å². The number of hydrogen-bond acceptors (Lipinski definition) is 5. The van der Waals surface area contributed by atoms with Gasteiger partial charge in [-0.1, -0.05) is 19.1 Å². The Morgan fingerprint density at radius 3 is 2.79 bits per heavy atom. The second kappa shape index (κ2) is 7.62. The number of rotatable bonds is 4. The van der Waals surface area contributed by atoms with Crippen molar-refractivity contribution in [3.8, 4) is 23.0 Å². The average Bonchev–Trinajstić information content (AvgIpc) is 3.14. The Hall–Kier alpha value is -2.89. The fourth-order valence-electron chi connectivity index (χ4n) is 4.08. The van der Waals surface area contributed by atoms with Gasteiger partial charge in [-0.15, -0.1) is 0 Å². The number of likely N-dealkylation sites (tertiary alicyclic amines) is 1. The minimum absolute atomic E-state index is 0.0122. The van der Waals surface area contributed by atoms with Crippen LogP contribution in [0.15, 0.2) is 36.4 Å². The van der Waals surface area contributed by atoms with Crippen molar-refractivity contribution in [1.29, 1.82) is 0 Å². The topological polar surface area (TPSA) is 79.2 Å². The van der Waals surface area contributed by atoms with Crippen LogP contribution in [0.1, 0.15) is 43.2 Å². The molecule has 1 fully saturated rings. The number of ether oxygens (including phenoxy) is 2. The van der Waals surface area contributed by atoms with Crippen LogP contribution in [0.4, 0.5) is 0 Å². The van der Waals surface area contributed by atoms with Crippen LogP contribution in [0.25, 0.3) is 0 Å². The van der Waals surface area contributed by atoms with Crippen LogP contribution in [0.2, 0.25) is 0 Å². The van der Waals surface area contributed by atoms with Gasteiger partial charge in [-0.2, -0.15) is 0 Å². The van der Waals surface area contributed by atoms with E-state index in [4.69, 9.17) is 9.47 Å². The first-order valence-corrected chi connectivity index (χ1v) is 9.70. The number of benzene rings is 2. The number of carbonyl (C=O) groups excluding carboxylic acids is 1. The summed E-state index contributed by atoms with van der Waals surface area (Å²) in [7, 11) is 0. The molecule has 1 saturated heterocycles. The summed E-state index contributed by atoms with van der Waals surface area (Å²) in [6.07, 6.45) is 2.41. The van der Waals surface area contributed by atoms with Crippen LogP contribution in [0.3, 0.4) is 0 Å². The van der Waals surface area contributed by atoms with Crippen molar-refractivity contribution in [3.05, 3.63) is 47.5 Å². The maximum Gasteiger partial charge on any atom is 0.231 e. The standard InChI is InChI=1S/C22H25NO5/c1-14-3-2-8-23(12-14)22(26)11-18(17-6-5-16(24)10-19(17)25)15-4-7-20-21(9-15)28-13-27-20/h4-7,9-10,14,18,24-25H,2-3,8,11-13H2,1H3. The number of piperidine rings is 1. The number of hydrogen-bond donors (Lipinski definition) is 2. The molecular weight excluding hydrogens is 358 g/mol. The SMILES string of the molecule is CC1CCCN(C(=O)CC(c2ccc3c(c2)OCO3)c2ccc(O)cc2O)C1. The second-order valence-corrected chi connectivity index (χ2v) is 7.70. The van der Waals surface area contributed by atoms with Gasteiger partial charge in [-0.25, -0.2) is 0 Å². The van der Waals surface area contributed by atoms with E-state index in [0.29, 0.717) is 23.0 Å². The minimum atomic E-state index is -0.347. The summed E-state index contributed by atoms with van der Waals surface area (Å²) in [5, 5.41) is 20.1. The molecule has 0 bridgehead atoms. The second-order valence-electron chi connectivity index (χ2n) is 7.70. The number of nitrogens with zero attached hydrogens (tertiary/aromatic N) is 1. The van der Waals surface area contributed by atoms with Crippen molar-refractivity contribution in [3.63, 3.8) is 0 Å². The summed E-state index contributed by atoms with van der Waals surface area (Å²) < 4.78 is 10.9. The number of phenolic OH excluding ortho intramolecular Hbond substituents is 2. The van der Waals surface area contributed by atoms with E-state index >= 15 is 0 Å². The fraction of sp³-hybridized carbons (Fsp3) is 0.409. The summed E-state index contributed by atoms with van der Waals surface area (Å²) in [5.74, 6) is 1.50. The van der Waals surface area contributed by atoms with E-state index in [9.17, 15) is 15.0 Å². The summed E-state index contributed by atoms with van der Waals surface area (Å²) in [4.78, 5) is 15.0. The Labute approximate surface area is 164 Å². The average molecular weight is 383 g/mol. The molecule has 0 spiro atoms. The van der Waals surface area contributed by atoms with Gasteiger partial charge in [0.25, 0.3) is 0 Å². The lowest BCUT2D eigenvalue weighted by atomic mass is 9.86. The van der Waals surface area contributed by atoms with Crippen molar-refractivity contribution >= 4 is 5.91 Å². The Morgan fingerprint density at radius 2 is 2.00 bits per heavy atom. The zero-order valence-corrected chi connectivity index (χ0v) is 15.9. The Balaban J connectivity index is 1.66. The largest absolute Gasteiger partial charge is 0.508 e. The first-order chi connectivity index (χ1) is 13.5. The summed E-state index contributed by atoms with van der Waals surface area (Å²) in [5.41, 5.74) is 1.47. The van der Waals surface area contributed by atoms with Gasteiger partial charge < -0.3 is 24.6 Å². The highest BCUT2D eigenvalue weighted by Crippen LogP contribution is 2.41. The van der Waals surface area contributed by atoms with E-state index in [2.05, 4.69) is 6.92 Å². The van der Waals surface area contributed by atoms with Crippen LogP contribution >= 0.6 is 0 Å². The number of fused-ring (bicyclic) bond motifs is 1. The van der Waals surface area contributed by atoms with Crippen LogP contribution < -0.4 is 9.47 Å². The minimum Gasteiger partial charge on any atom is -0.508 e. The highest BCUT2D eigenvalue weighted by molar-refractivity contribution is 5.78. The number of amides is 1. The van der Waals surface area contributed by atoms with Crippen LogP contribution in [-0.4, -0.2) is 40.9 Å². The first-order valence-electron chi connectivity index (χ1n) is 9.70. The van der Waals surface area contributed by atoms with Gasteiger partial charge in [0.1, 0.15) is 11.5 Å². The number of carbonyl (C=O) groups is 1. The van der Waals surface area contributed by atoms with E-state index < -0.39 is 0 Å². The summed E-state index contributed by atoms with van der Waals surface area (Å²) in [6.45, 7) is 3.89. The molecule has 2 N–H and O–H groups in total. The molecule has 6 nitrogen and oxygen atoms in total. The van der Waals surface area contributed by atoms with Gasteiger partial charge in [-0.05, 0) is 42.5 Å². The highest BCUT2D eigenvalue weighted by atomic mass is 16.7. The van der Waals surface area contributed by atoms with Crippen molar-refractivity contribution in [2.75, 3.05) is 19.9 Å². The Bertz CT molecular complexity index is 881. The zero-order chi connectivity index (χ0) is 19.7.